The minimum absolute atomic E-state index is 0.115. The lowest BCUT2D eigenvalue weighted by atomic mass is 10.1. The maximum atomic E-state index is 13.6. The second kappa shape index (κ2) is 11.2. The first-order valence-corrected chi connectivity index (χ1v) is 13.7. The number of carbonyl (C=O) groups excluding carboxylic acids is 2. The molecule has 2 aromatic rings. The monoisotopic (exact) mass is 505 g/mol. The molecule has 0 spiro atoms. The molecule has 2 aromatic carbocycles. The van der Waals surface area contributed by atoms with Crippen molar-refractivity contribution in [2.75, 3.05) is 17.1 Å². The van der Waals surface area contributed by atoms with Crippen LogP contribution in [0.4, 0.5) is 5.69 Å². The Labute approximate surface area is 207 Å². The van der Waals surface area contributed by atoms with Crippen LogP contribution in [0.15, 0.2) is 48.5 Å². The maximum Gasteiger partial charge on any atom is 0.244 e. The predicted octanol–water partition coefficient (Wildman–Crippen LogP) is 3.89. The molecule has 7 nitrogen and oxygen atoms in total. The lowest BCUT2D eigenvalue weighted by Gasteiger charge is -2.32. The van der Waals surface area contributed by atoms with Gasteiger partial charge in [-0.1, -0.05) is 54.8 Å². The highest BCUT2D eigenvalue weighted by Gasteiger charge is 2.31. The van der Waals surface area contributed by atoms with Crippen LogP contribution in [-0.2, 0) is 26.2 Å². The molecular weight excluding hydrogens is 474 g/mol. The van der Waals surface area contributed by atoms with Gasteiger partial charge in [-0.3, -0.25) is 13.9 Å². The van der Waals surface area contributed by atoms with E-state index in [1.807, 2.05) is 31.2 Å². The molecule has 0 aliphatic heterocycles. The third-order valence-electron chi connectivity index (χ3n) is 6.25. The zero-order valence-electron chi connectivity index (χ0n) is 19.8. The summed E-state index contributed by atoms with van der Waals surface area (Å²) in [5.41, 5.74) is 2.17. The molecule has 2 amide bonds. The number of sulfonamides is 1. The lowest BCUT2D eigenvalue weighted by molar-refractivity contribution is -0.139. The number of rotatable bonds is 9. The lowest BCUT2D eigenvalue weighted by Crippen LogP contribution is -2.52. The van der Waals surface area contributed by atoms with E-state index in [2.05, 4.69) is 5.32 Å². The summed E-state index contributed by atoms with van der Waals surface area (Å²) < 4.78 is 26.2. The van der Waals surface area contributed by atoms with E-state index in [-0.39, 0.29) is 18.5 Å². The summed E-state index contributed by atoms with van der Waals surface area (Å²) in [5.74, 6) is -0.703. The quantitative estimate of drug-likeness (QED) is 0.560. The Balaban J connectivity index is 1.89. The molecule has 3 rings (SSSR count). The molecule has 1 aliphatic carbocycles. The van der Waals surface area contributed by atoms with Gasteiger partial charge >= 0.3 is 0 Å². The first-order chi connectivity index (χ1) is 16.1. The molecule has 1 atom stereocenters. The van der Waals surface area contributed by atoms with Gasteiger partial charge in [-0.05, 0) is 56.0 Å². The third-order valence-corrected chi connectivity index (χ3v) is 7.62. The van der Waals surface area contributed by atoms with Crippen molar-refractivity contribution in [1.82, 2.24) is 10.2 Å². The van der Waals surface area contributed by atoms with Crippen molar-refractivity contribution in [2.24, 2.45) is 0 Å². The van der Waals surface area contributed by atoms with Gasteiger partial charge < -0.3 is 10.2 Å². The highest BCUT2D eigenvalue weighted by atomic mass is 35.5. The normalized spacial score (nSPS) is 15.1. The van der Waals surface area contributed by atoms with Gasteiger partial charge in [0.1, 0.15) is 12.6 Å². The van der Waals surface area contributed by atoms with Gasteiger partial charge in [0.2, 0.25) is 21.8 Å². The number of hydrogen-bond acceptors (Lipinski definition) is 4. The SMILES string of the molecule is Cc1ccccc1CN(C(=O)CN(c1cccc(Cl)c1)S(C)(=O)=O)C(C)C(=O)NC1CCCC1. The molecule has 34 heavy (non-hydrogen) atoms. The van der Waals surface area contributed by atoms with Crippen LogP contribution in [0.1, 0.15) is 43.7 Å². The second-order valence-corrected chi connectivity index (χ2v) is 11.2. The van der Waals surface area contributed by atoms with E-state index in [4.69, 9.17) is 11.6 Å². The van der Waals surface area contributed by atoms with Crippen molar-refractivity contribution in [1.29, 1.82) is 0 Å². The average Bonchev–Trinajstić information content (AvgIpc) is 3.28. The molecule has 0 heterocycles. The van der Waals surface area contributed by atoms with Crippen LogP contribution in [0, 0.1) is 6.92 Å². The number of anilines is 1. The maximum absolute atomic E-state index is 13.6. The van der Waals surface area contributed by atoms with Crippen LogP contribution >= 0.6 is 11.6 Å². The van der Waals surface area contributed by atoms with Crippen LogP contribution in [0.2, 0.25) is 5.02 Å². The molecule has 0 saturated heterocycles. The van der Waals surface area contributed by atoms with Crippen molar-refractivity contribution in [2.45, 2.75) is 58.2 Å². The zero-order chi connectivity index (χ0) is 24.9. The number of amides is 2. The number of hydrogen-bond donors (Lipinski definition) is 1. The molecule has 0 bridgehead atoms. The summed E-state index contributed by atoms with van der Waals surface area (Å²) in [4.78, 5) is 28.1. The van der Waals surface area contributed by atoms with Crippen LogP contribution in [0.25, 0.3) is 0 Å². The molecule has 1 saturated carbocycles. The van der Waals surface area contributed by atoms with Crippen molar-refractivity contribution >= 4 is 39.1 Å². The van der Waals surface area contributed by atoms with E-state index in [1.165, 1.54) is 11.0 Å². The zero-order valence-corrected chi connectivity index (χ0v) is 21.4. The van der Waals surface area contributed by atoms with E-state index in [9.17, 15) is 18.0 Å². The molecule has 0 radical (unpaired) electrons. The van der Waals surface area contributed by atoms with E-state index >= 15 is 0 Å². The molecule has 9 heteroatoms. The Morgan fingerprint density at radius 1 is 1.12 bits per heavy atom. The Bertz CT molecular complexity index is 1130. The van der Waals surface area contributed by atoms with E-state index in [0.717, 1.165) is 47.4 Å². The van der Waals surface area contributed by atoms with Crippen molar-refractivity contribution in [3.8, 4) is 0 Å². The number of benzene rings is 2. The van der Waals surface area contributed by atoms with Gasteiger partial charge in [-0.15, -0.1) is 0 Å². The van der Waals surface area contributed by atoms with Crippen LogP contribution < -0.4 is 9.62 Å². The van der Waals surface area contributed by atoms with Crippen LogP contribution in [0.3, 0.4) is 0 Å². The van der Waals surface area contributed by atoms with Crippen molar-refractivity contribution < 1.29 is 18.0 Å². The van der Waals surface area contributed by atoms with E-state index in [0.29, 0.717) is 10.7 Å². The van der Waals surface area contributed by atoms with Crippen molar-refractivity contribution in [3.05, 3.63) is 64.7 Å². The molecule has 1 fully saturated rings. The summed E-state index contributed by atoms with van der Waals surface area (Å²) in [6.07, 6.45) is 5.06. The molecule has 0 aromatic heterocycles. The fourth-order valence-corrected chi connectivity index (χ4v) is 5.22. The van der Waals surface area contributed by atoms with Crippen molar-refractivity contribution in [3.63, 3.8) is 0 Å². The van der Waals surface area contributed by atoms with E-state index in [1.54, 1.807) is 25.1 Å². The highest BCUT2D eigenvalue weighted by molar-refractivity contribution is 7.92. The summed E-state index contributed by atoms with van der Waals surface area (Å²) in [7, 11) is -3.78. The van der Waals surface area contributed by atoms with Gasteiger partial charge in [0.25, 0.3) is 0 Å². The Kier molecular flexibility index (Phi) is 8.60. The first kappa shape index (κ1) is 26.0. The minimum atomic E-state index is -3.78. The smallest absolute Gasteiger partial charge is 0.244 e. The van der Waals surface area contributed by atoms with Gasteiger partial charge in [0.15, 0.2) is 0 Å². The number of halogens is 1. The summed E-state index contributed by atoms with van der Waals surface area (Å²) in [6.45, 7) is 3.38. The average molecular weight is 506 g/mol. The summed E-state index contributed by atoms with van der Waals surface area (Å²) >= 11 is 6.07. The molecule has 1 N–H and O–H groups in total. The number of nitrogens with zero attached hydrogens (tertiary/aromatic N) is 2. The highest BCUT2D eigenvalue weighted by Crippen LogP contribution is 2.23. The topological polar surface area (TPSA) is 86.8 Å². The third kappa shape index (κ3) is 6.73. The van der Waals surface area contributed by atoms with Gasteiger partial charge in [0, 0.05) is 17.6 Å². The summed E-state index contributed by atoms with van der Waals surface area (Å²) in [5, 5.41) is 3.42. The van der Waals surface area contributed by atoms with Gasteiger partial charge in [-0.25, -0.2) is 8.42 Å². The standard InChI is InChI=1S/C25H32ClN3O4S/c1-18-9-4-5-10-20(18)16-28(19(2)25(31)27-22-12-6-7-13-22)24(30)17-29(34(3,32)33)23-14-8-11-21(26)15-23/h4-5,8-11,14-15,19,22H,6-7,12-13,16-17H2,1-3H3,(H,27,31). The Morgan fingerprint density at radius 2 is 1.79 bits per heavy atom. The Hall–Kier alpha value is -2.58. The number of carbonyl (C=O) groups is 2. The molecule has 184 valence electrons. The molecule has 1 unspecified atom stereocenters. The largest absolute Gasteiger partial charge is 0.352 e. The van der Waals surface area contributed by atoms with Crippen LogP contribution in [0.5, 0.6) is 0 Å². The second-order valence-electron chi connectivity index (χ2n) is 8.86. The van der Waals surface area contributed by atoms with E-state index < -0.39 is 28.5 Å². The Morgan fingerprint density at radius 3 is 2.41 bits per heavy atom. The molecule has 1 aliphatic rings. The van der Waals surface area contributed by atoms with Gasteiger partial charge in [-0.2, -0.15) is 0 Å². The fraction of sp³-hybridized carbons (Fsp3) is 0.440. The predicted molar refractivity (Wildman–Crippen MR) is 135 cm³/mol. The minimum Gasteiger partial charge on any atom is -0.352 e. The fourth-order valence-electron chi connectivity index (χ4n) is 4.19. The number of aryl methyl sites for hydroxylation is 1. The molecular formula is C25H32ClN3O4S. The van der Waals surface area contributed by atoms with Crippen LogP contribution in [-0.4, -0.2) is 50.0 Å². The summed E-state index contributed by atoms with van der Waals surface area (Å²) in [6, 6.07) is 13.3. The number of nitrogens with one attached hydrogen (secondary N) is 1. The first-order valence-electron chi connectivity index (χ1n) is 11.4. The van der Waals surface area contributed by atoms with Gasteiger partial charge in [0.05, 0.1) is 11.9 Å².